The van der Waals surface area contributed by atoms with Crippen LogP contribution in [-0.2, 0) is 4.79 Å². The molecule has 0 aromatic rings. The summed E-state index contributed by atoms with van der Waals surface area (Å²) >= 11 is 0. The van der Waals surface area contributed by atoms with E-state index >= 15 is 0 Å². The fraction of sp³-hybridized carbons (Fsp3) is 0.923. The molecule has 0 aromatic carbocycles. The van der Waals surface area contributed by atoms with Gasteiger partial charge in [-0.25, -0.2) is 0 Å². The lowest BCUT2D eigenvalue weighted by molar-refractivity contribution is -0.151. The molecule has 0 aromatic heterocycles. The lowest BCUT2D eigenvalue weighted by Crippen LogP contribution is -2.59. The summed E-state index contributed by atoms with van der Waals surface area (Å²) in [6.07, 6.45) is 2.51. The van der Waals surface area contributed by atoms with Gasteiger partial charge in [0.05, 0.1) is 0 Å². The standard InChI is InChI=1S/C13H25NO2/c1-6-14-13(10(15)16)8-11(2,3)7-12(4,5)9-13/h14H,6-9H2,1-5H3,(H,15,16). The summed E-state index contributed by atoms with van der Waals surface area (Å²) < 4.78 is 0. The van der Waals surface area contributed by atoms with Gasteiger partial charge in [-0.3, -0.25) is 4.79 Å². The SMILES string of the molecule is CCNC1(C(=O)O)CC(C)(C)CC(C)(C)C1. The van der Waals surface area contributed by atoms with Crippen LogP contribution in [-0.4, -0.2) is 23.2 Å². The molecule has 0 heterocycles. The molecule has 3 nitrogen and oxygen atoms in total. The topological polar surface area (TPSA) is 49.3 Å². The highest BCUT2D eigenvalue weighted by atomic mass is 16.4. The average molecular weight is 227 g/mol. The molecule has 0 radical (unpaired) electrons. The van der Waals surface area contributed by atoms with E-state index in [-0.39, 0.29) is 10.8 Å². The summed E-state index contributed by atoms with van der Waals surface area (Å²) in [6, 6.07) is 0. The molecule has 3 heteroatoms. The van der Waals surface area contributed by atoms with E-state index in [0.29, 0.717) is 19.4 Å². The molecule has 1 rings (SSSR count). The summed E-state index contributed by atoms with van der Waals surface area (Å²) in [7, 11) is 0. The molecule has 0 amide bonds. The molecule has 0 aliphatic heterocycles. The minimum absolute atomic E-state index is 0.0856. The summed E-state index contributed by atoms with van der Waals surface area (Å²) in [6.45, 7) is 11.4. The van der Waals surface area contributed by atoms with Crippen LogP contribution in [0.5, 0.6) is 0 Å². The largest absolute Gasteiger partial charge is 0.480 e. The van der Waals surface area contributed by atoms with E-state index < -0.39 is 11.5 Å². The number of nitrogens with one attached hydrogen (secondary N) is 1. The Balaban J connectivity index is 3.05. The predicted octanol–water partition coefficient (Wildman–Crippen LogP) is 2.66. The highest BCUT2D eigenvalue weighted by molar-refractivity contribution is 5.79. The molecule has 0 saturated heterocycles. The Labute approximate surface area is 98.6 Å². The van der Waals surface area contributed by atoms with Gasteiger partial charge in [-0.1, -0.05) is 34.6 Å². The van der Waals surface area contributed by atoms with Crippen LogP contribution in [0.25, 0.3) is 0 Å². The number of aliphatic carboxylic acids is 1. The predicted molar refractivity (Wildman–Crippen MR) is 65.5 cm³/mol. The van der Waals surface area contributed by atoms with Crippen LogP contribution in [0, 0.1) is 10.8 Å². The molecule has 94 valence electrons. The average Bonchev–Trinajstić information content (AvgIpc) is 1.97. The molecule has 1 aliphatic carbocycles. The van der Waals surface area contributed by atoms with E-state index in [0.717, 1.165) is 6.42 Å². The van der Waals surface area contributed by atoms with Crippen molar-refractivity contribution in [2.24, 2.45) is 10.8 Å². The lowest BCUT2D eigenvalue weighted by atomic mass is 9.58. The Hall–Kier alpha value is -0.570. The van der Waals surface area contributed by atoms with Crippen LogP contribution in [0.3, 0.4) is 0 Å². The van der Waals surface area contributed by atoms with E-state index in [1.165, 1.54) is 0 Å². The van der Waals surface area contributed by atoms with Gasteiger partial charge in [-0.15, -0.1) is 0 Å². The minimum Gasteiger partial charge on any atom is -0.480 e. The van der Waals surface area contributed by atoms with Crippen molar-refractivity contribution in [1.29, 1.82) is 0 Å². The molecule has 0 spiro atoms. The van der Waals surface area contributed by atoms with Crippen LogP contribution < -0.4 is 5.32 Å². The van der Waals surface area contributed by atoms with Crippen LogP contribution in [0.4, 0.5) is 0 Å². The van der Waals surface area contributed by atoms with Gasteiger partial charge >= 0.3 is 5.97 Å². The van der Waals surface area contributed by atoms with E-state index in [9.17, 15) is 9.90 Å². The highest BCUT2D eigenvalue weighted by Crippen LogP contribution is 2.50. The first-order chi connectivity index (χ1) is 7.13. The van der Waals surface area contributed by atoms with Crippen molar-refractivity contribution < 1.29 is 9.90 Å². The highest BCUT2D eigenvalue weighted by Gasteiger charge is 2.51. The van der Waals surface area contributed by atoms with Gasteiger partial charge < -0.3 is 10.4 Å². The second-order valence-electron chi connectivity index (χ2n) is 6.78. The molecule has 1 fully saturated rings. The van der Waals surface area contributed by atoms with Crippen LogP contribution in [0.15, 0.2) is 0 Å². The number of carbonyl (C=O) groups is 1. The van der Waals surface area contributed by atoms with Crippen LogP contribution in [0.2, 0.25) is 0 Å². The molecule has 1 aliphatic rings. The van der Waals surface area contributed by atoms with Gasteiger partial charge in [0.15, 0.2) is 0 Å². The van der Waals surface area contributed by atoms with Crippen LogP contribution in [0.1, 0.15) is 53.9 Å². The van der Waals surface area contributed by atoms with Gasteiger partial charge in [0.25, 0.3) is 0 Å². The monoisotopic (exact) mass is 227 g/mol. The van der Waals surface area contributed by atoms with Crippen molar-refractivity contribution in [3.8, 4) is 0 Å². The fourth-order valence-electron chi connectivity index (χ4n) is 3.81. The van der Waals surface area contributed by atoms with Crippen molar-refractivity contribution >= 4 is 5.97 Å². The van der Waals surface area contributed by atoms with Crippen LogP contribution >= 0.6 is 0 Å². The number of carboxylic acids is 1. The van der Waals surface area contributed by atoms with Gasteiger partial charge in [0, 0.05) is 0 Å². The zero-order valence-electron chi connectivity index (χ0n) is 11.2. The zero-order valence-corrected chi connectivity index (χ0v) is 11.2. The Bertz CT molecular complexity index is 266. The first-order valence-corrected chi connectivity index (χ1v) is 6.11. The van der Waals surface area contributed by atoms with Crippen molar-refractivity contribution in [3.63, 3.8) is 0 Å². The summed E-state index contributed by atoms with van der Waals surface area (Å²) in [5.74, 6) is -0.699. The summed E-state index contributed by atoms with van der Waals surface area (Å²) in [5, 5.41) is 12.7. The van der Waals surface area contributed by atoms with Gasteiger partial charge in [-0.05, 0) is 36.6 Å². The zero-order chi connectivity index (χ0) is 12.6. The maximum Gasteiger partial charge on any atom is 0.323 e. The van der Waals surface area contributed by atoms with E-state index in [1.807, 2.05) is 6.92 Å². The number of hydrogen-bond acceptors (Lipinski definition) is 2. The van der Waals surface area contributed by atoms with E-state index in [1.54, 1.807) is 0 Å². The van der Waals surface area contributed by atoms with Crippen molar-refractivity contribution in [2.75, 3.05) is 6.54 Å². The molecular formula is C13H25NO2. The van der Waals surface area contributed by atoms with E-state index in [2.05, 4.69) is 33.0 Å². The van der Waals surface area contributed by atoms with Gasteiger partial charge in [0.1, 0.15) is 5.54 Å². The third-order valence-electron chi connectivity index (χ3n) is 3.44. The number of carboxylic acid groups (broad SMARTS) is 1. The first kappa shape index (κ1) is 13.5. The lowest BCUT2D eigenvalue weighted by Gasteiger charge is -2.50. The quantitative estimate of drug-likeness (QED) is 0.779. The second kappa shape index (κ2) is 4.02. The Morgan fingerprint density at radius 2 is 1.56 bits per heavy atom. The molecule has 16 heavy (non-hydrogen) atoms. The third-order valence-corrected chi connectivity index (χ3v) is 3.44. The van der Waals surface area contributed by atoms with E-state index in [4.69, 9.17) is 0 Å². The van der Waals surface area contributed by atoms with Gasteiger partial charge in [0.2, 0.25) is 0 Å². The van der Waals surface area contributed by atoms with Crippen molar-refractivity contribution in [1.82, 2.24) is 5.32 Å². The Kier molecular flexibility index (Phi) is 3.39. The normalized spacial score (nSPS) is 26.3. The number of hydrogen-bond donors (Lipinski definition) is 2. The smallest absolute Gasteiger partial charge is 0.323 e. The Morgan fingerprint density at radius 3 is 1.88 bits per heavy atom. The first-order valence-electron chi connectivity index (χ1n) is 6.11. The van der Waals surface area contributed by atoms with Crippen molar-refractivity contribution in [2.45, 2.75) is 59.4 Å². The molecular weight excluding hydrogens is 202 g/mol. The maximum atomic E-state index is 11.6. The maximum absolute atomic E-state index is 11.6. The second-order valence-corrected chi connectivity index (χ2v) is 6.78. The molecule has 2 N–H and O–H groups in total. The summed E-state index contributed by atoms with van der Waals surface area (Å²) in [4.78, 5) is 11.6. The fourth-order valence-corrected chi connectivity index (χ4v) is 3.81. The van der Waals surface area contributed by atoms with Gasteiger partial charge in [-0.2, -0.15) is 0 Å². The summed E-state index contributed by atoms with van der Waals surface area (Å²) in [5.41, 5.74) is -0.565. The minimum atomic E-state index is -0.736. The number of rotatable bonds is 3. The molecule has 0 unspecified atom stereocenters. The molecule has 1 saturated carbocycles. The third kappa shape index (κ3) is 2.76. The molecule has 0 atom stereocenters. The Morgan fingerprint density at radius 1 is 1.12 bits per heavy atom. The number of likely N-dealkylation sites (N-methyl/N-ethyl adjacent to an activating group) is 1. The molecule has 0 bridgehead atoms. The van der Waals surface area contributed by atoms with Crippen molar-refractivity contribution in [3.05, 3.63) is 0 Å².